The van der Waals surface area contributed by atoms with Crippen LogP contribution in [0, 0.1) is 5.82 Å². The van der Waals surface area contributed by atoms with Crippen LogP contribution in [0.3, 0.4) is 0 Å². The van der Waals surface area contributed by atoms with Crippen molar-refractivity contribution in [2.75, 3.05) is 25.0 Å². The van der Waals surface area contributed by atoms with Gasteiger partial charge in [-0.25, -0.2) is 17.8 Å². The molecule has 0 atom stereocenters. The normalized spacial score (nSPS) is 15.1. The van der Waals surface area contributed by atoms with Gasteiger partial charge >= 0.3 is 0 Å². The van der Waals surface area contributed by atoms with Crippen molar-refractivity contribution in [1.29, 1.82) is 0 Å². The Balaban J connectivity index is 1.36. The van der Waals surface area contributed by atoms with E-state index in [0.717, 1.165) is 31.2 Å². The van der Waals surface area contributed by atoms with Gasteiger partial charge in [-0.15, -0.1) is 11.3 Å². The number of halogens is 1. The Labute approximate surface area is 196 Å². The van der Waals surface area contributed by atoms with Gasteiger partial charge in [0.2, 0.25) is 10.0 Å². The summed E-state index contributed by atoms with van der Waals surface area (Å²) >= 11 is 1.26. The van der Waals surface area contributed by atoms with Crippen LogP contribution in [0.5, 0.6) is 5.75 Å². The molecule has 1 fully saturated rings. The van der Waals surface area contributed by atoms with Gasteiger partial charge in [0.25, 0.3) is 5.91 Å². The van der Waals surface area contributed by atoms with E-state index in [-0.39, 0.29) is 23.2 Å². The molecule has 3 aromatic rings. The average Bonchev–Trinajstić information content (AvgIpc) is 3.09. The highest BCUT2D eigenvalue weighted by atomic mass is 32.2. The monoisotopic (exact) mass is 489 g/mol. The summed E-state index contributed by atoms with van der Waals surface area (Å²) in [4.78, 5) is 16.8. The molecule has 2 aromatic carbocycles. The van der Waals surface area contributed by atoms with Crippen molar-refractivity contribution in [3.05, 3.63) is 59.7 Å². The molecule has 0 saturated carbocycles. The lowest BCUT2D eigenvalue weighted by Crippen LogP contribution is -2.31. The van der Waals surface area contributed by atoms with Crippen LogP contribution in [0.15, 0.2) is 58.8 Å². The third kappa shape index (κ3) is 5.95. The summed E-state index contributed by atoms with van der Waals surface area (Å²) in [6.45, 7) is 0.887. The summed E-state index contributed by atoms with van der Waals surface area (Å²) in [5.41, 5.74) is 1.39. The number of benzene rings is 2. The number of carbonyl (C=O) groups excluding carboxylic acids is 1. The van der Waals surface area contributed by atoms with Crippen molar-refractivity contribution in [3.8, 4) is 17.0 Å². The molecule has 33 heavy (non-hydrogen) atoms. The molecule has 1 aliphatic heterocycles. The second kappa shape index (κ2) is 10.4. The summed E-state index contributed by atoms with van der Waals surface area (Å²) in [7, 11) is -3.50. The average molecular weight is 490 g/mol. The first-order valence-corrected chi connectivity index (χ1v) is 13.0. The van der Waals surface area contributed by atoms with Gasteiger partial charge in [0.15, 0.2) is 11.7 Å². The van der Waals surface area contributed by atoms with Gasteiger partial charge in [0.05, 0.1) is 10.6 Å². The van der Waals surface area contributed by atoms with Gasteiger partial charge in [-0.2, -0.15) is 4.31 Å². The maximum atomic E-state index is 12.9. The van der Waals surface area contributed by atoms with Gasteiger partial charge in [-0.1, -0.05) is 25.0 Å². The minimum atomic E-state index is -3.50. The van der Waals surface area contributed by atoms with E-state index in [1.54, 1.807) is 34.0 Å². The minimum Gasteiger partial charge on any atom is -0.484 e. The zero-order valence-electron chi connectivity index (χ0n) is 17.9. The summed E-state index contributed by atoms with van der Waals surface area (Å²) in [6, 6.07) is 12.1. The Hall–Kier alpha value is -2.82. The van der Waals surface area contributed by atoms with E-state index in [9.17, 15) is 17.6 Å². The maximum Gasteiger partial charge on any atom is 0.264 e. The molecule has 0 bridgehead atoms. The van der Waals surface area contributed by atoms with Crippen molar-refractivity contribution in [2.45, 2.75) is 30.6 Å². The summed E-state index contributed by atoms with van der Waals surface area (Å²) in [6.07, 6.45) is 3.90. The number of carbonyl (C=O) groups is 1. The number of thiazole rings is 1. The van der Waals surface area contributed by atoms with Gasteiger partial charge < -0.3 is 4.74 Å². The molecule has 174 valence electrons. The summed E-state index contributed by atoms with van der Waals surface area (Å²) in [5.74, 6) is -0.379. The van der Waals surface area contributed by atoms with Crippen molar-refractivity contribution in [3.63, 3.8) is 0 Å². The largest absolute Gasteiger partial charge is 0.484 e. The van der Waals surface area contributed by atoms with E-state index < -0.39 is 10.0 Å². The van der Waals surface area contributed by atoms with E-state index in [4.69, 9.17) is 4.74 Å². The molecule has 10 heteroatoms. The lowest BCUT2D eigenvalue weighted by molar-refractivity contribution is -0.118. The number of rotatable bonds is 7. The molecular formula is C23H24FN3O4S2. The van der Waals surface area contributed by atoms with E-state index in [2.05, 4.69) is 10.3 Å². The lowest BCUT2D eigenvalue weighted by atomic mass is 10.2. The van der Waals surface area contributed by atoms with Crippen LogP contribution < -0.4 is 10.1 Å². The molecule has 0 unspecified atom stereocenters. The summed E-state index contributed by atoms with van der Waals surface area (Å²) in [5, 5.41) is 4.85. The Bertz CT molecular complexity index is 1190. The first kappa shape index (κ1) is 23.3. The van der Waals surface area contributed by atoms with Crippen molar-refractivity contribution < 1.29 is 22.3 Å². The number of anilines is 1. The SMILES string of the molecule is O=C(COc1ccc(F)cc1)Nc1nc(-c2ccc(S(=O)(=O)N3CCCCCC3)cc2)cs1. The Morgan fingerprint density at radius 2 is 1.70 bits per heavy atom. The van der Waals surface area contributed by atoms with E-state index in [0.29, 0.717) is 29.7 Å². The van der Waals surface area contributed by atoms with Crippen molar-refractivity contribution >= 4 is 32.4 Å². The number of hydrogen-bond donors (Lipinski definition) is 1. The number of sulfonamides is 1. The third-order valence-electron chi connectivity index (χ3n) is 5.29. The van der Waals surface area contributed by atoms with E-state index in [1.165, 1.54) is 35.6 Å². The van der Waals surface area contributed by atoms with Crippen LogP contribution in [0.4, 0.5) is 9.52 Å². The second-order valence-corrected chi connectivity index (χ2v) is 10.5. The summed E-state index contributed by atoms with van der Waals surface area (Å²) < 4.78 is 45.7. The fourth-order valence-corrected chi connectivity index (χ4v) is 5.78. The number of nitrogens with zero attached hydrogens (tertiary/aromatic N) is 2. The number of nitrogens with one attached hydrogen (secondary N) is 1. The van der Waals surface area contributed by atoms with Crippen molar-refractivity contribution in [2.24, 2.45) is 0 Å². The molecule has 0 aliphatic carbocycles. The van der Waals surface area contributed by atoms with Gasteiger partial charge in [0.1, 0.15) is 11.6 Å². The number of ether oxygens (including phenoxy) is 1. The molecule has 0 spiro atoms. The Morgan fingerprint density at radius 3 is 2.36 bits per heavy atom. The molecule has 1 aromatic heterocycles. The third-order valence-corrected chi connectivity index (χ3v) is 7.96. The van der Waals surface area contributed by atoms with Crippen LogP contribution in [0.25, 0.3) is 11.3 Å². The van der Waals surface area contributed by atoms with Crippen LogP contribution in [0.1, 0.15) is 25.7 Å². The van der Waals surface area contributed by atoms with E-state index in [1.807, 2.05) is 0 Å². The van der Waals surface area contributed by atoms with Crippen LogP contribution >= 0.6 is 11.3 Å². The first-order chi connectivity index (χ1) is 15.9. The minimum absolute atomic E-state index is 0.233. The zero-order valence-corrected chi connectivity index (χ0v) is 19.5. The first-order valence-electron chi connectivity index (χ1n) is 10.7. The molecule has 0 radical (unpaired) electrons. The highest BCUT2D eigenvalue weighted by molar-refractivity contribution is 7.89. The molecule has 1 aliphatic rings. The molecule has 2 heterocycles. The lowest BCUT2D eigenvalue weighted by Gasteiger charge is -2.19. The highest BCUT2D eigenvalue weighted by Crippen LogP contribution is 2.27. The Kier molecular flexibility index (Phi) is 7.36. The van der Waals surface area contributed by atoms with Crippen LogP contribution in [-0.4, -0.2) is 43.3 Å². The molecule has 4 rings (SSSR count). The number of aromatic nitrogens is 1. The van der Waals surface area contributed by atoms with Crippen LogP contribution in [-0.2, 0) is 14.8 Å². The fourth-order valence-electron chi connectivity index (χ4n) is 3.53. The predicted molar refractivity (Wildman–Crippen MR) is 125 cm³/mol. The second-order valence-electron chi connectivity index (χ2n) is 7.67. The smallest absolute Gasteiger partial charge is 0.264 e. The number of hydrogen-bond acceptors (Lipinski definition) is 6. The predicted octanol–water partition coefficient (Wildman–Crippen LogP) is 4.53. The van der Waals surface area contributed by atoms with Gasteiger partial charge in [-0.05, 0) is 49.2 Å². The topological polar surface area (TPSA) is 88.6 Å². The standard InChI is InChI=1S/C23H24FN3O4S2/c24-18-7-9-19(10-8-18)31-15-22(28)26-23-25-21(16-32-23)17-5-11-20(12-6-17)33(29,30)27-13-3-1-2-4-14-27/h5-12,16H,1-4,13-15H2,(H,25,26,28). The molecule has 1 N–H and O–H groups in total. The maximum absolute atomic E-state index is 12.9. The Morgan fingerprint density at radius 1 is 1.03 bits per heavy atom. The molecule has 1 saturated heterocycles. The molecular weight excluding hydrogens is 465 g/mol. The van der Waals surface area contributed by atoms with Gasteiger partial charge in [-0.3, -0.25) is 10.1 Å². The fraction of sp³-hybridized carbons (Fsp3) is 0.304. The molecule has 7 nitrogen and oxygen atoms in total. The highest BCUT2D eigenvalue weighted by Gasteiger charge is 2.25. The molecule has 1 amide bonds. The van der Waals surface area contributed by atoms with Gasteiger partial charge in [0, 0.05) is 24.0 Å². The van der Waals surface area contributed by atoms with Crippen molar-refractivity contribution in [1.82, 2.24) is 9.29 Å². The van der Waals surface area contributed by atoms with E-state index >= 15 is 0 Å². The quantitative estimate of drug-likeness (QED) is 0.527. The van der Waals surface area contributed by atoms with Crippen LogP contribution in [0.2, 0.25) is 0 Å². The number of amides is 1. The zero-order chi connectivity index (χ0) is 23.3.